The first-order valence-corrected chi connectivity index (χ1v) is 6.66. The molecule has 0 aliphatic rings. The van der Waals surface area contributed by atoms with Crippen molar-refractivity contribution < 1.29 is 14.7 Å². The quantitative estimate of drug-likeness (QED) is 0.597. The molecule has 0 atom stereocenters. The van der Waals surface area contributed by atoms with Gasteiger partial charge in [0.15, 0.2) is 0 Å². The molecular formula is C13H27N3O3. The van der Waals surface area contributed by atoms with Crippen LogP contribution in [-0.2, 0) is 4.79 Å². The molecule has 6 heteroatoms. The highest BCUT2D eigenvalue weighted by Gasteiger charge is 2.16. The highest BCUT2D eigenvalue weighted by atomic mass is 16.3. The van der Waals surface area contributed by atoms with Crippen LogP contribution in [0.1, 0.15) is 40.0 Å². The van der Waals surface area contributed by atoms with Gasteiger partial charge in [-0.1, -0.05) is 0 Å². The monoisotopic (exact) mass is 273 g/mol. The van der Waals surface area contributed by atoms with Gasteiger partial charge in [-0.25, -0.2) is 4.79 Å². The van der Waals surface area contributed by atoms with Crippen LogP contribution >= 0.6 is 0 Å². The largest absolute Gasteiger partial charge is 0.396 e. The van der Waals surface area contributed by atoms with Crippen LogP contribution in [0.3, 0.4) is 0 Å². The second kappa shape index (κ2) is 8.87. The highest BCUT2D eigenvalue weighted by molar-refractivity contribution is 5.95. The molecule has 0 saturated heterocycles. The molecule has 6 nitrogen and oxygen atoms in total. The summed E-state index contributed by atoms with van der Waals surface area (Å²) in [6.07, 6.45) is 2.65. The summed E-state index contributed by atoms with van der Waals surface area (Å²) in [5.74, 6) is -0.314. The number of hydrogen-bond acceptors (Lipinski definition) is 4. The van der Waals surface area contributed by atoms with Crippen molar-refractivity contribution in [2.75, 3.05) is 26.7 Å². The zero-order valence-corrected chi connectivity index (χ0v) is 12.5. The second-order valence-corrected chi connectivity index (χ2v) is 5.77. The fraction of sp³-hybridized carbons (Fsp3) is 0.846. The predicted molar refractivity (Wildman–Crippen MR) is 74.9 cm³/mol. The maximum absolute atomic E-state index is 11.6. The minimum Gasteiger partial charge on any atom is -0.396 e. The van der Waals surface area contributed by atoms with Crippen LogP contribution in [-0.4, -0.2) is 54.2 Å². The molecule has 3 N–H and O–H groups in total. The molecule has 0 aliphatic carbocycles. The summed E-state index contributed by atoms with van der Waals surface area (Å²) in [6, 6.07) is -0.466. The normalized spacial score (nSPS) is 11.5. The van der Waals surface area contributed by atoms with Crippen molar-refractivity contribution in [1.29, 1.82) is 0 Å². The SMILES string of the molecule is CN(CCCCCO)CC(=O)NC(=O)NC(C)(C)C. The molecule has 0 aromatic carbocycles. The van der Waals surface area contributed by atoms with E-state index in [1.54, 1.807) is 0 Å². The number of imide groups is 1. The number of amides is 3. The fourth-order valence-electron chi connectivity index (χ4n) is 1.53. The zero-order chi connectivity index (χ0) is 14.9. The van der Waals surface area contributed by atoms with Crippen LogP contribution in [0.5, 0.6) is 0 Å². The number of aliphatic hydroxyl groups excluding tert-OH is 1. The number of nitrogens with one attached hydrogen (secondary N) is 2. The standard InChI is InChI=1S/C13H27N3O3/c1-13(2,3)15-12(19)14-11(18)10-16(4)8-6-5-7-9-17/h17H,5-10H2,1-4H3,(H2,14,15,18,19). The molecule has 0 fully saturated rings. The lowest BCUT2D eigenvalue weighted by molar-refractivity contribution is -0.120. The molecule has 0 aromatic rings. The van der Waals surface area contributed by atoms with Gasteiger partial charge in [-0.15, -0.1) is 0 Å². The van der Waals surface area contributed by atoms with Crippen molar-refractivity contribution in [3.63, 3.8) is 0 Å². The van der Waals surface area contributed by atoms with Gasteiger partial charge >= 0.3 is 6.03 Å². The number of unbranched alkanes of at least 4 members (excludes halogenated alkanes) is 2. The summed E-state index contributed by atoms with van der Waals surface area (Å²) in [4.78, 5) is 24.9. The first kappa shape index (κ1) is 17.9. The zero-order valence-electron chi connectivity index (χ0n) is 12.5. The van der Waals surface area contributed by atoms with E-state index in [0.717, 1.165) is 25.8 Å². The molecule has 112 valence electrons. The molecule has 3 amide bonds. The van der Waals surface area contributed by atoms with E-state index >= 15 is 0 Å². The molecule has 0 rings (SSSR count). The molecular weight excluding hydrogens is 246 g/mol. The van der Waals surface area contributed by atoms with Crippen LogP contribution in [0.2, 0.25) is 0 Å². The maximum Gasteiger partial charge on any atom is 0.321 e. The topological polar surface area (TPSA) is 81.7 Å². The Labute approximate surface area is 115 Å². The van der Waals surface area contributed by atoms with Crippen LogP contribution in [0.25, 0.3) is 0 Å². The first-order valence-electron chi connectivity index (χ1n) is 6.66. The Morgan fingerprint density at radius 2 is 1.79 bits per heavy atom. The number of carbonyl (C=O) groups excluding carboxylic acids is 2. The fourth-order valence-corrected chi connectivity index (χ4v) is 1.53. The predicted octanol–water partition coefficient (Wildman–Crippen LogP) is 0.705. The maximum atomic E-state index is 11.6. The highest BCUT2D eigenvalue weighted by Crippen LogP contribution is 1.98. The lowest BCUT2D eigenvalue weighted by Crippen LogP contribution is -2.50. The third-order valence-corrected chi connectivity index (χ3v) is 2.35. The van der Waals surface area contributed by atoms with Crippen molar-refractivity contribution >= 4 is 11.9 Å². The molecule has 19 heavy (non-hydrogen) atoms. The lowest BCUT2D eigenvalue weighted by atomic mass is 10.1. The van der Waals surface area contributed by atoms with E-state index in [1.807, 2.05) is 32.7 Å². The third kappa shape index (κ3) is 11.7. The van der Waals surface area contributed by atoms with Gasteiger partial charge in [-0.2, -0.15) is 0 Å². The Balaban J connectivity index is 3.81. The van der Waals surface area contributed by atoms with Crippen molar-refractivity contribution in [2.24, 2.45) is 0 Å². The molecule has 0 heterocycles. The molecule has 0 spiro atoms. The van der Waals surface area contributed by atoms with Gasteiger partial charge in [0.2, 0.25) is 5.91 Å². The molecule has 0 bridgehead atoms. The van der Waals surface area contributed by atoms with E-state index < -0.39 is 6.03 Å². The summed E-state index contributed by atoms with van der Waals surface area (Å²) < 4.78 is 0. The average Bonchev–Trinajstić information content (AvgIpc) is 2.21. The summed E-state index contributed by atoms with van der Waals surface area (Å²) in [5, 5.41) is 13.6. The van der Waals surface area contributed by atoms with Gasteiger partial charge in [-0.05, 0) is 53.6 Å². The van der Waals surface area contributed by atoms with Gasteiger partial charge in [0.25, 0.3) is 0 Å². The Bertz CT molecular complexity index is 287. The van der Waals surface area contributed by atoms with Crippen molar-refractivity contribution in [3.8, 4) is 0 Å². The smallest absolute Gasteiger partial charge is 0.321 e. The summed E-state index contributed by atoms with van der Waals surface area (Å²) in [5.41, 5.74) is -0.361. The summed E-state index contributed by atoms with van der Waals surface area (Å²) >= 11 is 0. The van der Waals surface area contributed by atoms with Gasteiger partial charge in [0.05, 0.1) is 6.54 Å². The number of rotatable bonds is 7. The number of likely N-dealkylation sites (N-methyl/N-ethyl adjacent to an activating group) is 1. The Morgan fingerprint density at radius 3 is 2.32 bits per heavy atom. The number of urea groups is 1. The van der Waals surface area contributed by atoms with Crippen LogP contribution in [0.15, 0.2) is 0 Å². The summed E-state index contributed by atoms with van der Waals surface area (Å²) in [7, 11) is 1.83. The van der Waals surface area contributed by atoms with Crippen molar-refractivity contribution in [3.05, 3.63) is 0 Å². The van der Waals surface area contributed by atoms with Crippen molar-refractivity contribution in [2.45, 2.75) is 45.6 Å². The second-order valence-electron chi connectivity index (χ2n) is 5.77. The van der Waals surface area contributed by atoms with Crippen LogP contribution in [0.4, 0.5) is 4.79 Å². The molecule has 0 saturated carbocycles. The molecule has 0 unspecified atom stereocenters. The Hall–Kier alpha value is -1.14. The minimum absolute atomic E-state index is 0.191. The third-order valence-electron chi connectivity index (χ3n) is 2.35. The number of nitrogens with zero attached hydrogens (tertiary/aromatic N) is 1. The van der Waals surface area contributed by atoms with E-state index in [-0.39, 0.29) is 24.6 Å². The van der Waals surface area contributed by atoms with Gasteiger partial charge in [-0.3, -0.25) is 15.0 Å². The van der Waals surface area contributed by atoms with E-state index in [9.17, 15) is 9.59 Å². The molecule has 0 aliphatic heterocycles. The van der Waals surface area contributed by atoms with Gasteiger partial charge in [0.1, 0.15) is 0 Å². The number of hydrogen-bond donors (Lipinski definition) is 3. The van der Waals surface area contributed by atoms with Gasteiger partial charge in [0, 0.05) is 12.1 Å². The number of aliphatic hydroxyl groups is 1. The number of carbonyl (C=O) groups is 2. The minimum atomic E-state index is -0.466. The molecule has 0 aromatic heterocycles. The van der Waals surface area contributed by atoms with E-state index in [1.165, 1.54) is 0 Å². The van der Waals surface area contributed by atoms with E-state index in [4.69, 9.17) is 5.11 Å². The van der Waals surface area contributed by atoms with Gasteiger partial charge < -0.3 is 10.4 Å². The first-order chi connectivity index (χ1) is 8.74. The van der Waals surface area contributed by atoms with Crippen LogP contribution in [0, 0.1) is 0 Å². The van der Waals surface area contributed by atoms with Crippen LogP contribution < -0.4 is 10.6 Å². The van der Waals surface area contributed by atoms with E-state index in [2.05, 4.69) is 10.6 Å². The molecule has 0 radical (unpaired) electrons. The average molecular weight is 273 g/mol. The van der Waals surface area contributed by atoms with Crippen molar-refractivity contribution in [1.82, 2.24) is 15.5 Å². The summed E-state index contributed by atoms with van der Waals surface area (Å²) in [6.45, 7) is 6.72. The van der Waals surface area contributed by atoms with E-state index in [0.29, 0.717) is 0 Å². The lowest BCUT2D eigenvalue weighted by Gasteiger charge is -2.21. The Morgan fingerprint density at radius 1 is 1.16 bits per heavy atom. The Kier molecular flexibility index (Phi) is 8.34.